The van der Waals surface area contributed by atoms with Gasteiger partial charge in [-0.25, -0.2) is 0 Å². The lowest BCUT2D eigenvalue weighted by Crippen LogP contribution is -2.19. The van der Waals surface area contributed by atoms with Crippen molar-refractivity contribution in [3.63, 3.8) is 0 Å². The van der Waals surface area contributed by atoms with Crippen molar-refractivity contribution in [2.45, 2.75) is 0 Å². The molecule has 1 aromatic carbocycles. The topological polar surface area (TPSA) is 47.0 Å². The van der Waals surface area contributed by atoms with Gasteiger partial charge < -0.3 is 9.72 Å². The van der Waals surface area contributed by atoms with E-state index in [-0.39, 0.29) is 5.56 Å². The van der Waals surface area contributed by atoms with Gasteiger partial charge in [0, 0.05) is 6.07 Å². The predicted molar refractivity (Wildman–Crippen MR) is 79.2 cm³/mol. The average Bonchev–Trinajstić information content (AvgIpc) is 2.87. The highest BCUT2D eigenvalue weighted by molar-refractivity contribution is 7.71. The Kier molecular flexibility index (Phi) is 2.96. The summed E-state index contributed by atoms with van der Waals surface area (Å²) in [5.41, 5.74) is 1.36. The van der Waals surface area contributed by atoms with Crippen LogP contribution in [0.4, 0.5) is 0 Å². The van der Waals surface area contributed by atoms with E-state index in [4.69, 9.17) is 17.0 Å². The van der Waals surface area contributed by atoms with Crippen LogP contribution in [0.15, 0.2) is 40.5 Å². The second-order valence-electron chi connectivity index (χ2n) is 3.94. The van der Waals surface area contributed by atoms with Gasteiger partial charge in [-0.2, -0.15) is 0 Å². The first-order chi connectivity index (χ1) is 9.20. The van der Waals surface area contributed by atoms with Crippen molar-refractivity contribution in [3.8, 4) is 11.4 Å². The molecule has 0 atom stereocenters. The van der Waals surface area contributed by atoms with Gasteiger partial charge >= 0.3 is 0 Å². The highest BCUT2D eigenvalue weighted by atomic mass is 32.1. The molecule has 0 unspecified atom stereocenters. The highest BCUT2D eigenvalue weighted by Gasteiger charge is 2.09. The van der Waals surface area contributed by atoms with Gasteiger partial charge in [0.25, 0.3) is 5.56 Å². The van der Waals surface area contributed by atoms with Crippen molar-refractivity contribution in [2.75, 3.05) is 7.11 Å². The first-order valence-electron chi connectivity index (χ1n) is 5.57. The van der Waals surface area contributed by atoms with Crippen molar-refractivity contribution >= 4 is 33.8 Å². The van der Waals surface area contributed by atoms with Gasteiger partial charge in [-0.3, -0.25) is 9.36 Å². The maximum Gasteiger partial charge on any atom is 0.276 e. The predicted octanol–water partition coefficient (Wildman–Crippen LogP) is 3.12. The third-order valence-corrected chi connectivity index (χ3v) is 4.01. The van der Waals surface area contributed by atoms with Crippen molar-refractivity contribution < 1.29 is 4.74 Å². The van der Waals surface area contributed by atoms with E-state index in [1.807, 2.05) is 29.6 Å². The Labute approximate surface area is 117 Å². The monoisotopic (exact) mass is 290 g/mol. The molecule has 0 bridgehead atoms. The zero-order valence-electron chi connectivity index (χ0n) is 10.0. The summed E-state index contributed by atoms with van der Waals surface area (Å²) in [5.74, 6) is 0.685. The Balaban J connectivity index is 2.35. The molecular formula is C13H10N2O2S2. The van der Waals surface area contributed by atoms with Crippen molar-refractivity contribution in [3.05, 3.63) is 50.8 Å². The number of nitrogens with zero attached hydrogens (tertiary/aromatic N) is 1. The van der Waals surface area contributed by atoms with Crippen molar-refractivity contribution in [1.82, 2.24) is 9.55 Å². The second kappa shape index (κ2) is 4.64. The molecule has 0 aliphatic heterocycles. The van der Waals surface area contributed by atoms with E-state index in [2.05, 4.69) is 4.98 Å². The summed E-state index contributed by atoms with van der Waals surface area (Å²) >= 11 is 6.66. The standard InChI is InChI=1S/C13H10N2O2S2/c1-17-9-4-2-3-8(7-9)15-12(16)11-10(5-6-19-11)14-13(15)18/h2-7H,1H3,(H,14,18). The van der Waals surface area contributed by atoms with E-state index >= 15 is 0 Å². The molecular weight excluding hydrogens is 280 g/mol. The van der Waals surface area contributed by atoms with Crippen molar-refractivity contribution in [1.29, 1.82) is 0 Å². The lowest BCUT2D eigenvalue weighted by molar-refractivity contribution is 0.414. The number of H-pyrrole nitrogens is 1. The Morgan fingerprint density at radius 2 is 2.21 bits per heavy atom. The first-order valence-corrected chi connectivity index (χ1v) is 6.86. The molecule has 2 aromatic heterocycles. The van der Waals surface area contributed by atoms with Crippen molar-refractivity contribution in [2.24, 2.45) is 0 Å². The summed E-state index contributed by atoms with van der Waals surface area (Å²) < 4.78 is 7.70. The Hall–Kier alpha value is -1.92. The number of methoxy groups -OCH3 is 1. The SMILES string of the molecule is COc1cccc(-n2c(=S)[nH]c3ccsc3c2=O)c1. The number of nitrogens with one attached hydrogen (secondary N) is 1. The Morgan fingerprint density at radius 3 is 3.00 bits per heavy atom. The minimum Gasteiger partial charge on any atom is -0.497 e. The number of ether oxygens (including phenoxy) is 1. The molecule has 2 heterocycles. The third kappa shape index (κ3) is 1.98. The average molecular weight is 290 g/mol. The van der Waals surface area contributed by atoms with Crippen LogP contribution in [0.2, 0.25) is 0 Å². The number of thiophene rings is 1. The molecule has 0 saturated carbocycles. The fourth-order valence-corrected chi connectivity index (χ4v) is 3.00. The van der Waals surface area contributed by atoms with Crippen LogP contribution in [0.25, 0.3) is 15.9 Å². The molecule has 0 amide bonds. The van der Waals surface area contributed by atoms with E-state index in [0.717, 1.165) is 5.52 Å². The maximum atomic E-state index is 12.5. The summed E-state index contributed by atoms with van der Waals surface area (Å²) in [7, 11) is 1.59. The van der Waals surface area contributed by atoms with E-state index in [9.17, 15) is 4.79 Å². The van der Waals surface area contributed by atoms with Crippen LogP contribution in [0.1, 0.15) is 0 Å². The normalized spacial score (nSPS) is 10.8. The molecule has 0 aliphatic rings. The van der Waals surface area contributed by atoms with Crippen LogP contribution in [-0.2, 0) is 0 Å². The molecule has 3 rings (SSSR count). The smallest absolute Gasteiger partial charge is 0.276 e. The summed E-state index contributed by atoms with van der Waals surface area (Å²) in [6, 6.07) is 9.11. The molecule has 96 valence electrons. The lowest BCUT2D eigenvalue weighted by atomic mass is 10.3. The number of fused-ring (bicyclic) bond motifs is 1. The van der Waals surface area contributed by atoms with Gasteiger partial charge in [0.15, 0.2) is 4.77 Å². The van der Waals surface area contributed by atoms with Crippen LogP contribution < -0.4 is 10.3 Å². The summed E-state index contributed by atoms with van der Waals surface area (Å²) in [6.45, 7) is 0. The first kappa shape index (κ1) is 12.1. The van der Waals surface area contributed by atoms with Crippen LogP contribution in [0, 0.1) is 4.77 Å². The second-order valence-corrected chi connectivity index (χ2v) is 5.24. The molecule has 1 N–H and O–H groups in total. The Morgan fingerprint density at radius 1 is 1.37 bits per heavy atom. The zero-order valence-corrected chi connectivity index (χ0v) is 11.7. The number of rotatable bonds is 2. The number of benzene rings is 1. The van der Waals surface area contributed by atoms with E-state index in [1.54, 1.807) is 13.2 Å². The molecule has 19 heavy (non-hydrogen) atoms. The van der Waals surface area contributed by atoms with Crippen LogP contribution in [0.5, 0.6) is 5.75 Å². The van der Waals surface area contributed by atoms with Gasteiger partial charge in [0.2, 0.25) is 0 Å². The largest absolute Gasteiger partial charge is 0.497 e. The summed E-state index contributed by atoms with van der Waals surface area (Å²) in [5, 5.41) is 1.87. The molecule has 0 saturated heterocycles. The molecule has 0 aliphatic carbocycles. The van der Waals surface area contributed by atoms with Gasteiger partial charge in [0.05, 0.1) is 18.3 Å². The fourth-order valence-electron chi connectivity index (χ4n) is 1.92. The minimum absolute atomic E-state index is 0.109. The molecule has 3 aromatic rings. The highest BCUT2D eigenvalue weighted by Crippen LogP contribution is 2.18. The fraction of sp³-hybridized carbons (Fsp3) is 0.0769. The van der Waals surface area contributed by atoms with E-state index < -0.39 is 0 Å². The van der Waals surface area contributed by atoms with Gasteiger partial charge in [0.1, 0.15) is 10.4 Å². The zero-order chi connectivity index (χ0) is 13.4. The minimum atomic E-state index is -0.109. The van der Waals surface area contributed by atoms with Gasteiger partial charge in [-0.05, 0) is 35.8 Å². The molecule has 4 nitrogen and oxygen atoms in total. The van der Waals surface area contributed by atoms with Crippen LogP contribution >= 0.6 is 23.6 Å². The number of hydrogen-bond donors (Lipinski definition) is 1. The molecule has 0 fully saturated rings. The summed E-state index contributed by atoms with van der Waals surface area (Å²) in [4.78, 5) is 15.5. The third-order valence-electron chi connectivity index (χ3n) is 2.82. The quantitative estimate of drug-likeness (QED) is 0.738. The van der Waals surface area contributed by atoms with E-state index in [0.29, 0.717) is 20.9 Å². The van der Waals surface area contributed by atoms with E-state index in [1.165, 1.54) is 15.9 Å². The molecule has 0 radical (unpaired) electrons. The van der Waals surface area contributed by atoms with Crippen LogP contribution in [0.3, 0.4) is 0 Å². The van der Waals surface area contributed by atoms with Crippen LogP contribution in [-0.4, -0.2) is 16.7 Å². The summed E-state index contributed by atoms with van der Waals surface area (Å²) in [6.07, 6.45) is 0. The Bertz CT molecular complexity index is 861. The molecule has 6 heteroatoms. The maximum absolute atomic E-state index is 12.5. The lowest BCUT2D eigenvalue weighted by Gasteiger charge is -2.07. The molecule has 0 spiro atoms. The number of aromatic amines is 1. The van der Waals surface area contributed by atoms with Gasteiger partial charge in [-0.15, -0.1) is 11.3 Å². The van der Waals surface area contributed by atoms with Gasteiger partial charge in [-0.1, -0.05) is 6.07 Å². The number of aromatic nitrogens is 2. The number of hydrogen-bond acceptors (Lipinski definition) is 4.